The largest absolute Gasteiger partial charge is 0.472 e. The maximum atomic E-state index is 12.9. The molecular formula is C60H103O11P. The van der Waals surface area contributed by atoms with Crippen LogP contribution in [0.15, 0.2) is 85.1 Å². The van der Waals surface area contributed by atoms with Crippen LogP contribution in [0.2, 0.25) is 0 Å². The molecule has 0 aromatic rings. The Morgan fingerprint density at radius 1 is 0.403 bits per heavy atom. The Labute approximate surface area is 439 Å². The molecule has 0 saturated carbocycles. The molecule has 72 heavy (non-hydrogen) atoms. The van der Waals surface area contributed by atoms with Crippen LogP contribution in [0.25, 0.3) is 0 Å². The highest BCUT2D eigenvalue weighted by atomic mass is 31.2. The summed E-state index contributed by atoms with van der Waals surface area (Å²) in [7, 11) is -4.77. The van der Waals surface area contributed by atoms with Gasteiger partial charge >= 0.3 is 25.7 Å². The molecule has 11 nitrogen and oxygen atoms in total. The summed E-state index contributed by atoms with van der Waals surface area (Å²) in [4.78, 5) is 48.5. The third-order valence-corrected chi connectivity index (χ3v) is 12.8. The van der Waals surface area contributed by atoms with Gasteiger partial charge in [0.1, 0.15) is 12.7 Å². The van der Waals surface area contributed by atoms with Crippen molar-refractivity contribution in [1.29, 1.82) is 0 Å². The van der Waals surface area contributed by atoms with E-state index in [4.69, 9.17) is 23.3 Å². The summed E-state index contributed by atoms with van der Waals surface area (Å²) in [5.41, 5.74) is 0. The average Bonchev–Trinajstić information content (AvgIpc) is 3.37. The van der Waals surface area contributed by atoms with Crippen LogP contribution in [-0.2, 0) is 42.2 Å². The number of unbranched alkanes of at least 4 members (excludes halogenated alkanes) is 21. The molecular weight excluding hydrogens is 928 g/mol. The lowest BCUT2D eigenvalue weighted by Gasteiger charge is -2.21. The van der Waals surface area contributed by atoms with Crippen molar-refractivity contribution in [3.63, 3.8) is 0 Å². The highest BCUT2D eigenvalue weighted by molar-refractivity contribution is 7.47. The van der Waals surface area contributed by atoms with Gasteiger partial charge in [-0.05, 0) is 89.9 Å². The number of aliphatic hydroxyl groups excluding tert-OH is 1. The maximum Gasteiger partial charge on any atom is 0.472 e. The molecule has 0 saturated heterocycles. The van der Waals surface area contributed by atoms with E-state index < -0.39 is 57.8 Å². The predicted octanol–water partition coefficient (Wildman–Crippen LogP) is 16.7. The molecule has 0 aliphatic carbocycles. The molecule has 0 aromatic heterocycles. The monoisotopic (exact) mass is 1030 g/mol. The number of hydrogen-bond donors (Lipinski definition) is 2. The molecule has 12 heteroatoms. The lowest BCUT2D eigenvalue weighted by molar-refractivity contribution is -0.161. The van der Waals surface area contributed by atoms with E-state index in [-0.39, 0.29) is 25.9 Å². The number of carbonyl (C=O) groups excluding carboxylic acids is 3. The van der Waals surface area contributed by atoms with Crippen molar-refractivity contribution in [3.05, 3.63) is 85.1 Å². The smallest absolute Gasteiger partial charge is 0.462 e. The fourth-order valence-electron chi connectivity index (χ4n) is 7.54. The van der Waals surface area contributed by atoms with E-state index in [1.807, 2.05) is 0 Å². The maximum absolute atomic E-state index is 12.9. The zero-order valence-electron chi connectivity index (χ0n) is 45.6. The summed E-state index contributed by atoms with van der Waals surface area (Å²) in [5, 5.41) is 9.79. The summed E-state index contributed by atoms with van der Waals surface area (Å²) in [5.74, 6) is -1.54. The topological polar surface area (TPSA) is 155 Å². The third kappa shape index (κ3) is 51.6. The van der Waals surface area contributed by atoms with Crippen molar-refractivity contribution in [2.24, 2.45) is 0 Å². The van der Waals surface area contributed by atoms with E-state index in [2.05, 4.69) is 106 Å². The summed E-state index contributed by atoms with van der Waals surface area (Å²) < 4.78 is 39.4. The standard InChI is InChI=1S/C60H103O11P/c1-4-7-10-13-16-19-22-25-27-28-30-32-34-37-40-43-46-49-58(62)67-53-57(71-60(64)51-48-45-42-39-36-33-29-26-23-20-17-14-11-8-5-2)55-69-72(65,66)68-54-56(52-61)70-59(63)50-47-44-41-38-35-31-24-21-18-15-12-9-6-3/h8-9,11-12,17-18,20-21,26,29,31,35-36,39,56-57,61H,4-7,10,13-16,19,22-25,27-28,30,32-34,37-38,40-55H2,1-3H3,(H,65,66)/b11-8-,12-9-,20-17-,21-18-,29-26-,35-31-,39-36-. The summed E-state index contributed by atoms with van der Waals surface area (Å²) in [6.45, 7) is 4.34. The quantitative estimate of drug-likeness (QED) is 0.0197. The molecule has 0 spiro atoms. The Morgan fingerprint density at radius 3 is 1.14 bits per heavy atom. The van der Waals surface area contributed by atoms with Gasteiger partial charge in [0.25, 0.3) is 0 Å². The minimum Gasteiger partial charge on any atom is -0.462 e. The molecule has 3 atom stereocenters. The predicted molar refractivity (Wildman–Crippen MR) is 298 cm³/mol. The van der Waals surface area contributed by atoms with Gasteiger partial charge in [-0.25, -0.2) is 4.57 Å². The molecule has 0 rings (SSSR count). The van der Waals surface area contributed by atoms with Gasteiger partial charge in [0.05, 0.1) is 19.8 Å². The molecule has 0 fully saturated rings. The Kier molecular flexibility index (Phi) is 51.4. The molecule has 0 amide bonds. The van der Waals surface area contributed by atoms with Crippen molar-refractivity contribution < 1.29 is 52.2 Å². The number of ether oxygens (including phenoxy) is 3. The highest BCUT2D eigenvalue weighted by Crippen LogP contribution is 2.43. The van der Waals surface area contributed by atoms with Crippen LogP contribution in [0.3, 0.4) is 0 Å². The van der Waals surface area contributed by atoms with E-state index in [0.29, 0.717) is 19.3 Å². The van der Waals surface area contributed by atoms with Crippen molar-refractivity contribution in [1.82, 2.24) is 0 Å². The Balaban J connectivity index is 4.79. The number of esters is 3. The van der Waals surface area contributed by atoms with Crippen molar-refractivity contribution in [2.75, 3.05) is 26.4 Å². The number of aliphatic hydroxyl groups is 1. The Hall–Kier alpha value is -3.34. The van der Waals surface area contributed by atoms with E-state index in [9.17, 15) is 28.9 Å². The molecule has 0 aliphatic heterocycles. The fraction of sp³-hybridized carbons (Fsp3) is 0.717. The van der Waals surface area contributed by atoms with Gasteiger partial charge in [0.2, 0.25) is 0 Å². The molecule has 0 aromatic carbocycles. The first-order valence-corrected chi connectivity index (χ1v) is 30.0. The van der Waals surface area contributed by atoms with E-state index in [0.717, 1.165) is 96.3 Å². The zero-order chi connectivity index (χ0) is 52.7. The summed E-state index contributed by atoms with van der Waals surface area (Å²) in [6.07, 6.45) is 61.3. The van der Waals surface area contributed by atoms with Gasteiger partial charge in [-0.1, -0.05) is 215 Å². The van der Waals surface area contributed by atoms with E-state index >= 15 is 0 Å². The first-order valence-electron chi connectivity index (χ1n) is 28.5. The van der Waals surface area contributed by atoms with Crippen LogP contribution < -0.4 is 0 Å². The van der Waals surface area contributed by atoms with E-state index in [1.54, 1.807) is 0 Å². The van der Waals surface area contributed by atoms with Crippen LogP contribution in [-0.4, -0.2) is 66.5 Å². The summed E-state index contributed by atoms with van der Waals surface area (Å²) >= 11 is 0. The van der Waals surface area contributed by atoms with Crippen molar-refractivity contribution in [3.8, 4) is 0 Å². The Morgan fingerprint density at radius 2 is 0.722 bits per heavy atom. The molecule has 0 heterocycles. The van der Waals surface area contributed by atoms with Gasteiger partial charge in [0, 0.05) is 19.3 Å². The van der Waals surface area contributed by atoms with Gasteiger partial charge in [0.15, 0.2) is 6.10 Å². The van der Waals surface area contributed by atoms with Gasteiger partial charge in [-0.3, -0.25) is 23.4 Å². The average molecular weight is 1030 g/mol. The second-order valence-corrected chi connectivity index (χ2v) is 20.1. The first kappa shape index (κ1) is 68.7. The first-order chi connectivity index (χ1) is 35.2. The number of rotatable bonds is 52. The number of carbonyl (C=O) groups is 3. The lowest BCUT2D eigenvalue weighted by Crippen LogP contribution is -2.30. The summed E-state index contributed by atoms with van der Waals surface area (Å²) in [6, 6.07) is 0. The van der Waals surface area contributed by atoms with E-state index in [1.165, 1.54) is 83.5 Å². The minimum absolute atomic E-state index is 0.112. The highest BCUT2D eigenvalue weighted by Gasteiger charge is 2.28. The minimum atomic E-state index is -4.77. The Bertz CT molecular complexity index is 1530. The molecule has 0 radical (unpaired) electrons. The normalized spacial score (nSPS) is 14.0. The zero-order valence-corrected chi connectivity index (χ0v) is 46.5. The lowest BCUT2D eigenvalue weighted by atomic mass is 10.0. The van der Waals surface area contributed by atoms with Crippen LogP contribution >= 0.6 is 7.82 Å². The molecule has 0 aliphatic rings. The molecule has 2 N–H and O–H groups in total. The SMILES string of the molecule is CC/C=C\C/C=C\C/C=C\C/C=C\CCCCC(=O)OC(COC(=O)CCCCCCCCCCCCCCCCCCC)COP(=O)(O)OCC(CO)OC(=O)CCCCC/C=C\C/C=C\C/C=C\CC. The van der Waals surface area contributed by atoms with Gasteiger partial charge < -0.3 is 24.2 Å². The number of allylic oxidation sites excluding steroid dienone is 14. The second kappa shape index (κ2) is 53.9. The number of hydrogen-bond acceptors (Lipinski definition) is 10. The molecule has 414 valence electrons. The number of phosphoric acid groups is 1. The fourth-order valence-corrected chi connectivity index (χ4v) is 8.32. The van der Waals surface area contributed by atoms with Crippen LogP contribution in [0, 0.1) is 0 Å². The van der Waals surface area contributed by atoms with Crippen LogP contribution in [0.1, 0.15) is 239 Å². The van der Waals surface area contributed by atoms with Crippen molar-refractivity contribution >= 4 is 25.7 Å². The van der Waals surface area contributed by atoms with Gasteiger partial charge in [-0.2, -0.15) is 0 Å². The van der Waals surface area contributed by atoms with Crippen LogP contribution in [0.5, 0.6) is 0 Å². The third-order valence-electron chi connectivity index (χ3n) is 11.8. The molecule has 3 unspecified atom stereocenters. The molecule has 0 bridgehead atoms. The van der Waals surface area contributed by atoms with Crippen molar-refractivity contribution in [2.45, 2.75) is 251 Å². The number of phosphoric ester groups is 1. The second-order valence-electron chi connectivity index (χ2n) is 18.7. The van der Waals surface area contributed by atoms with Gasteiger partial charge in [-0.15, -0.1) is 0 Å². The van der Waals surface area contributed by atoms with Crippen LogP contribution in [0.4, 0.5) is 0 Å².